The third-order valence-corrected chi connectivity index (χ3v) is 2.79. The van der Waals surface area contributed by atoms with Gasteiger partial charge in [0.25, 0.3) is 0 Å². The fraction of sp³-hybridized carbons (Fsp3) is 0.917. The molecule has 0 aromatic heterocycles. The van der Waals surface area contributed by atoms with E-state index < -0.39 is 5.60 Å². The van der Waals surface area contributed by atoms with Crippen LogP contribution in [0.1, 0.15) is 40.0 Å². The van der Waals surface area contributed by atoms with Crippen molar-refractivity contribution in [3.05, 3.63) is 10.4 Å². The Kier molecular flexibility index (Phi) is 5.28. The molecule has 1 aliphatic heterocycles. The summed E-state index contributed by atoms with van der Waals surface area (Å²) in [6.45, 7) is 7.76. The van der Waals surface area contributed by atoms with Crippen LogP contribution in [0.2, 0.25) is 0 Å². The number of carbonyl (C=O) groups excluding carboxylic acids is 1. The van der Waals surface area contributed by atoms with E-state index in [2.05, 4.69) is 10.0 Å². The zero-order chi connectivity index (χ0) is 13.6. The molecule has 0 saturated carbocycles. The Balaban J connectivity index is 2.09. The van der Waals surface area contributed by atoms with Gasteiger partial charge in [-0.25, -0.2) is 4.79 Å². The van der Waals surface area contributed by atoms with Crippen LogP contribution < -0.4 is 0 Å². The van der Waals surface area contributed by atoms with Gasteiger partial charge in [-0.1, -0.05) is 11.5 Å². The Morgan fingerprint density at radius 2 is 2.11 bits per heavy atom. The van der Waals surface area contributed by atoms with Crippen molar-refractivity contribution < 1.29 is 9.53 Å². The van der Waals surface area contributed by atoms with Gasteiger partial charge in [0.15, 0.2) is 0 Å². The molecular weight excluding hydrogens is 232 g/mol. The van der Waals surface area contributed by atoms with Crippen LogP contribution in [0.4, 0.5) is 4.79 Å². The highest BCUT2D eigenvalue weighted by molar-refractivity contribution is 5.69. The molecule has 1 amide bonds. The van der Waals surface area contributed by atoms with Crippen molar-refractivity contribution in [2.45, 2.75) is 45.6 Å². The van der Waals surface area contributed by atoms with E-state index in [1.807, 2.05) is 20.8 Å². The lowest BCUT2D eigenvalue weighted by atomic mass is 9.94. The summed E-state index contributed by atoms with van der Waals surface area (Å²) in [5, 5.41) is 3.49. The summed E-state index contributed by atoms with van der Waals surface area (Å²) in [5.41, 5.74) is 7.70. The van der Waals surface area contributed by atoms with E-state index in [-0.39, 0.29) is 6.09 Å². The molecule has 0 aromatic rings. The van der Waals surface area contributed by atoms with Crippen molar-refractivity contribution in [2.75, 3.05) is 19.6 Å². The lowest BCUT2D eigenvalue weighted by Gasteiger charge is -2.39. The molecule has 0 N–H and O–H groups in total. The van der Waals surface area contributed by atoms with Gasteiger partial charge in [0.2, 0.25) is 0 Å². The van der Waals surface area contributed by atoms with Crippen LogP contribution in [-0.2, 0) is 4.74 Å². The van der Waals surface area contributed by atoms with Crippen LogP contribution in [0.5, 0.6) is 0 Å². The summed E-state index contributed by atoms with van der Waals surface area (Å²) in [6.07, 6.45) is 2.84. The summed E-state index contributed by atoms with van der Waals surface area (Å²) in [4.78, 5) is 16.1. The van der Waals surface area contributed by atoms with Gasteiger partial charge >= 0.3 is 6.09 Å². The van der Waals surface area contributed by atoms with Gasteiger partial charge in [-0.2, -0.15) is 0 Å². The molecule has 1 aliphatic rings. The number of azide groups is 1. The number of rotatable bonds is 5. The number of ether oxygens (including phenoxy) is 1. The first-order valence-corrected chi connectivity index (χ1v) is 6.41. The van der Waals surface area contributed by atoms with Crippen molar-refractivity contribution in [3.8, 4) is 0 Å². The van der Waals surface area contributed by atoms with E-state index in [4.69, 9.17) is 10.3 Å². The Labute approximate surface area is 108 Å². The number of hydrogen-bond donors (Lipinski definition) is 0. The van der Waals surface area contributed by atoms with E-state index in [1.165, 1.54) is 0 Å². The number of hydrogen-bond acceptors (Lipinski definition) is 3. The van der Waals surface area contributed by atoms with Crippen molar-refractivity contribution in [2.24, 2.45) is 11.0 Å². The summed E-state index contributed by atoms with van der Waals surface area (Å²) in [6, 6.07) is 0. The molecule has 1 saturated heterocycles. The highest BCUT2D eigenvalue weighted by atomic mass is 16.6. The Hall–Kier alpha value is -1.42. The van der Waals surface area contributed by atoms with Gasteiger partial charge in [-0.15, -0.1) is 0 Å². The average molecular weight is 254 g/mol. The SMILES string of the molecule is CC(C)(C)OC(=O)N1CC(CCCCN=[N+]=[N-])C1. The zero-order valence-electron chi connectivity index (χ0n) is 11.4. The van der Waals surface area contributed by atoms with Crippen molar-refractivity contribution in [1.29, 1.82) is 0 Å². The maximum absolute atomic E-state index is 11.7. The Bertz CT molecular complexity index is 325. The van der Waals surface area contributed by atoms with Crippen LogP contribution in [0.3, 0.4) is 0 Å². The molecule has 6 nitrogen and oxygen atoms in total. The molecule has 0 aromatic carbocycles. The lowest BCUT2D eigenvalue weighted by Crippen LogP contribution is -2.51. The van der Waals surface area contributed by atoms with Gasteiger partial charge in [0.05, 0.1) is 0 Å². The highest BCUT2D eigenvalue weighted by Gasteiger charge is 2.32. The van der Waals surface area contributed by atoms with Gasteiger partial charge in [-0.3, -0.25) is 0 Å². The molecule has 1 heterocycles. The highest BCUT2D eigenvalue weighted by Crippen LogP contribution is 2.23. The molecule has 102 valence electrons. The molecule has 6 heteroatoms. The minimum Gasteiger partial charge on any atom is -0.444 e. The first-order chi connectivity index (χ1) is 8.42. The van der Waals surface area contributed by atoms with Crippen molar-refractivity contribution in [1.82, 2.24) is 4.90 Å². The van der Waals surface area contributed by atoms with Gasteiger partial charge in [0, 0.05) is 24.5 Å². The summed E-state index contributed by atoms with van der Waals surface area (Å²) in [5.74, 6) is 0.573. The third-order valence-electron chi connectivity index (χ3n) is 2.79. The quantitative estimate of drug-likeness (QED) is 0.326. The van der Waals surface area contributed by atoms with E-state index in [1.54, 1.807) is 4.90 Å². The lowest BCUT2D eigenvalue weighted by molar-refractivity contribution is -0.00238. The van der Waals surface area contributed by atoms with Crippen LogP contribution in [0.25, 0.3) is 10.4 Å². The average Bonchev–Trinajstić information content (AvgIpc) is 2.17. The number of unbranched alkanes of at least 4 members (excludes halogenated alkanes) is 1. The zero-order valence-corrected chi connectivity index (χ0v) is 11.4. The largest absolute Gasteiger partial charge is 0.444 e. The minimum atomic E-state index is -0.419. The van der Waals surface area contributed by atoms with E-state index in [9.17, 15) is 4.79 Å². The summed E-state index contributed by atoms with van der Waals surface area (Å²) < 4.78 is 5.28. The molecule has 0 aliphatic carbocycles. The third kappa shape index (κ3) is 5.27. The number of likely N-dealkylation sites (tertiary alicyclic amines) is 1. The molecule has 1 rings (SSSR count). The fourth-order valence-electron chi connectivity index (χ4n) is 1.89. The first kappa shape index (κ1) is 14.6. The number of nitrogens with zero attached hydrogens (tertiary/aromatic N) is 4. The molecule has 18 heavy (non-hydrogen) atoms. The molecule has 1 fully saturated rings. The minimum absolute atomic E-state index is 0.215. The molecule has 0 bridgehead atoms. The second-order valence-corrected chi connectivity index (χ2v) is 5.70. The summed E-state index contributed by atoms with van der Waals surface area (Å²) in [7, 11) is 0. The number of carbonyl (C=O) groups is 1. The van der Waals surface area contributed by atoms with Gasteiger partial charge in [0.1, 0.15) is 5.60 Å². The summed E-state index contributed by atoms with van der Waals surface area (Å²) >= 11 is 0. The monoisotopic (exact) mass is 254 g/mol. The van der Waals surface area contributed by atoms with Crippen molar-refractivity contribution in [3.63, 3.8) is 0 Å². The second-order valence-electron chi connectivity index (χ2n) is 5.70. The first-order valence-electron chi connectivity index (χ1n) is 6.41. The van der Waals surface area contributed by atoms with Crippen LogP contribution in [0, 0.1) is 5.92 Å². The van der Waals surface area contributed by atoms with E-state index in [0.29, 0.717) is 12.5 Å². The molecule has 0 spiro atoms. The smallest absolute Gasteiger partial charge is 0.410 e. The maximum atomic E-state index is 11.7. The van der Waals surface area contributed by atoms with Gasteiger partial charge in [-0.05, 0) is 45.1 Å². The maximum Gasteiger partial charge on any atom is 0.410 e. The fourth-order valence-corrected chi connectivity index (χ4v) is 1.89. The van der Waals surface area contributed by atoms with Gasteiger partial charge < -0.3 is 9.64 Å². The Morgan fingerprint density at radius 3 is 2.67 bits per heavy atom. The molecular formula is C12H22N4O2. The predicted octanol–water partition coefficient (Wildman–Crippen LogP) is 3.33. The second kappa shape index (κ2) is 6.50. The molecule has 0 radical (unpaired) electrons. The van der Waals surface area contributed by atoms with Crippen LogP contribution in [-0.4, -0.2) is 36.2 Å². The standard InChI is InChI=1S/C12H22N4O2/c1-12(2,3)18-11(17)16-8-10(9-16)6-4-5-7-14-15-13/h10H,4-9H2,1-3H3. The molecule has 0 atom stereocenters. The topological polar surface area (TPSA) is 78.3 Å². The molecule has 0 unspecified atom stereocenters. The number of amides is 1. The van der Waals surface area contributed by atoms with E-state index in [0.717, 1.165) is 32.4 Å². The normalized spacial score (nSPS) is 15.8. The Morgan fingerprint density at radius 1 is 1.44 bits per heavy atom. The van der Waals surface area contributed by atoms with Crippen LogP contribution >= 0.6 is 0 Å². The van der Waals surface area contributed by atoms with E-state index >= 15 is 0 Å². The van der Waals surface area contributed by atoms with Crippen molar-refractivity contribution >= 4 is 6.09 Å². The predicted molar refractivity (Wildman–Crippen MR) is 69.2 cm³/mol. The van der Waals surface area contributed by atoms with Crippen LogP contribution in [0.15, 0.2) is 5.11 Å².